The SMILES string of the molecule is CCOc1ccc(/C=N/OCC(=O)Nc2cc(F)ccc2C)cc1. The first-order valence-corrected chi connectivity index (χ1v) is 7.52. The van der Waals surface area contributed by atoms with Crippen LogP contribution in [0.5, 0.6) is 5.75 Å². The summed E-state index contributed by atoms with van der Waals surface area (Å²) >= 11 is 0. The van der Waals surface area contributed by atoms with Crippen molar-refractivity contribution in [1.82, 2.24) is 0 Å². The fourth-order valence-electron chi connectivity index (χ4n) is 1.93. The van der Waals surface area contributed by atoms with Crippen molar-refractivity contribution in [1.29, 1.82) is 0 Å². The normalized spacial score (nSPS) is 10.6. The van der Waals surface area contributed by atoms with E-state index in [0.717, 1.165) is 16.9 Å². The van der Waals surface area contributed by atoms with Gasteiger partial charge in [0.2, 0.25) is 0 Å². The van der Waals surface area contributed by atoms with Gasteiger partial charge in [0.1, 0.15) is 11.6 Å². The first-order chi connectivity index (χ1) is 11.6. The van der Waals surface area contributed by atoms with Crippen molar-refractivity contribution in [2.45, 2.75) is 13.8 Å². The highest BCUT2D eigenvalue weighted by molar-refractivity contribution is 5.92. The van der Waals surface area contributed by atoms with Gasteiger partial charge in [0.25, 0.3) is 5.91 Å². The molecule has 0 bridgehead atoms. The molecule has 6 heteroatoms. The summed E-state index contributed by atoms with van der Waals surface area (Å²) in [5.41, 5.74) is 2.00. The second-order valence-corrected chi connectivity index (χ2v) is 5.02. The van der Waals surface area contributed by atoms with E-state index in [1.165, 1.54) is 18.3 Å². The molecule has 2 aromatic carbocycles. The lowest BCUT2D eigenvalue weighted by atomic mass is 10.2. The van der Waals surface area contributed by atoms with Crippen LogP contribution in [0.2, 0.25) is 0 Å². The first-order valence-electron chi connectivity index (χ1n) is 7.52. The Morgan fingerprint density at radius 3 is 2.71 bits per heavy atom. The monoisotopic (exact) mass is 330 g/mol. The molecule has 0 saturated carbocycles. The van der Waals surface area contributed by atoms with Gasteiger partial charge in [-0.3, -0.25) is 4.79 Å². The van der Waals surface area contributed by atoms with Crippen LogP contribution in [0.25, 0.3) is 0 Å². The summed E-state index contributed by atoms with van der Waals surface area (Å²) in [5, 5.41) is 6.31. The quantitative estimate of drug-likeness (QED) is 0.624. The van der Waals surface area contributed by atoms with Crippen molar-refractivity contribution >= 4 is 17.8 Å². The van der Waals surface area contributed by atoms with Gasteiger partial charge in [-0.25, -0.2) is 4.39 Å². The molecule has 0 heterocycles. The minimum Gasteiger partial charge on any atom is -0.494 e. The molecule has 0 saturated heterocycles. The Bertz CT molecular complexity index is 715. The number of nitrogens with one attached hydrogen (secondary N) is 1. The van der Waals surface area contributed by atoms with E-state index in [1.54, 1.807) is 13.0 Å². The van der Waals surface area contributed by atoms with E-state index in [4.69, 9.17) is 9.57 Å². The van der Waals surface area contributed by atoms with Crippen molar-refractivity contribution < 1.29 is 18.8 Å². The van der Waals surface area contributed by atoms with Crippen molar-refractivity contribution in [3.05, 3.63) is 59.4 Å². The molecule has 5 nitrogen and oxygen atoms in total. The maximum Gasteiger partial charge on any atom is 0.265 e. The fourth-order valence-corrected chi connectivity index (χ4v) is 1.93. The predicted octanol–water partition coefficient (Wildman–Crippen LogP) is 3.52. The summed E-state index contributed by atoms with van der Waals surface area (Å²) in [4.78, 5) is 16.7. The van der Waals surface area contributed by atoms with Crippen molar-refractivity contribution in [3.63, 3.8) is 0 Å². The second-order valence-electron chi connectivity index (χ2n) is 5.02. The van der Waals surface area contributed by atoms with Gasteiger partial charge in [0.15, 0.2) is 6.61 Å². The summed E-state index contributed by atoms with van der Waals surface area (Å²) in [6.45, 7) is 4.04. The van der Waals surface area contributed by atoms with Crippen LogP contribution in [-0.2, 0) is 9.63 Å². The molecule has 24 heavy (non-hydrogen) atoms. The number of aryl methyl sites for hydroxylation is 1. The van der Waals surface area contributed by atoms with E-state index in [-0.39, 0.29) is 6.61 Å². The maximum atomic E-state index is 13.2. The molecule has 0 aliphatic rings. The van der Waals surface area contributed by atoms with E-state index in [2.05, 4.69) is 10.5 Å². The molecule has 0 aromatic heterocycles. The van der Waals surface area contributed by atoms with Crippen molar-refractivity contribution in [2.75, 3.05) is 18.5 Å². The Balaban J connectivity index is 1.80. The molecule has 0 aliphatic heterocycles. The van der Waals surface area contributed by atoms with Crippen molar-refractivity contribution in [2.24, 2.45) is 5.16 Å². The number of carbonyl (C=O) groups is 1. The highest BCUT2D eigenvalue weighted by Crippen LogP contribution is 2.15. The standard InChI is InChI=1S/C18H19FN2O3/c1-3-23-16-8-5-14(6-9-16)11-20-24-12-18(22)21-17-10-15(19)7-4-13(17)2/h4-11H,3,12H2,1-2H3,(H,21,22)/b20-11+. The third kappa shape index (κ3) is 5.39. The minimum absolute atomic E-state index is 0.260. The van der Waals surface area contributed by atoms with Crippen LogP contribution in [0, 0.1) is 12.7 Å². The number of halogens is 1. The van der Waals surface area contributed by atoms with E-state index < -0.39 is 11.7 Å². The Morgan fingerprint density at radius 1 is 1.25 bits per heavy atom. The summed E-state index contributed by atoms with van der Waals surface area (Å²) in [7, 11) is 0. The van der Waals surface area contributed by atoms with Crippen LogP contribution in [0.15, 0.2) is 47.6 Å². The Kier molecular flexibility index (Phi) is 6.31. The third-order valence-electron chi connectivity index (χ3n) is 3.14. The number of hydrogen-bond donors (Lipinski definition) is 1. The lowest BCUT2D eigenvalue weighted by Crippen LogP contribution is -2.17. The number of oxime groups is 1. The van der Waals surface area contributed by atoms with E-state index in [1.807, 2.05) is 31.2 Å². The van der Waals surface area contributed by atoms with Crippen LogP contribution in [-0.4, -0.2) is 25.3 Å². The van der Waals surface area contributed by atoms with E-state index in [0.29, 0.717) is 12.3 Å². The molecular formula is C18H19FN2O3. The van der Waals surface area contributed by atoms with Crippen LogP contribution in [0.3, 0.4) is 0 Å². The van der Waals surface area contributed by atoms with Gasteiger partial charge in [-0.1, -0.05) is 11.2 Å². The number of hydrogen-bond acceptors (Lipinski definition) is 4. The largest absolute Gasteiger partial charge is 0.494 e. The number of carbonyl (C=O) groups excluding carboxylic acids is 1. The summed E-state index contributed by atoms with van der Waals surface area (Å²) < 4.78 is 18.5. The van der Waals surface area contributed by atoms with Crippen LogP contribution >= 0.6 is 0 Å². The average molecular weight is 330 g/mol. The van der Waals surface area contributed by atoms with Gasteiger partial charge in [0, 0.05) is 5.69 Å². The van der Waals surface area contributed by atoms with E-state index in [9.17, 15) is 9.18 Å². The van der Waals surface area contributed by atoms with Gasteiger partial charge >= 0.3 is 0 Å². The van der Waals surface area contributed by atoms with Gasteiger partial charge in [-0.15, -0.1) is 0 Å². The zero-order chi connectivity index (χ0) is 17.4. The molecule has 126 valence electrons. The summed E-state index contributed by atoms with van der Waals surface area (Å²) in [6.07, 6.45) is 1.50. The zero-order valence-corrected chi connectivity index (χ0v) is 13.6. The smallest absolute Gasteiger partial charge is 0.265 e. The Hall–Kier alpha value is -2.89. The highest BCUT2D eigenvalue weighted by Gasteiger charge is 2.06. The number of amides is 1. The molecule has 0 radical (unpaired) electrons. The second kappa shape index (κ2) is 8.67. The number of benzene rings is 2. The number of anilines is 1. The zero-order valence-electron chi connectivity index (χ0n) is 13.6. The summed E-state index contributed by atoms with van der Waals surface area (Å²) in [5.74, 6) is -0.0432. The molecule has 2 aromatic rings. The van der Waals surface area contributed by atoms with Crippen molar-refractivity contribution in [3.8, 4) is 5.75 Å². The lowest BCUT2D eigenvalue weighted by molar-refractivity contribution is -0.120. The molecule has 1 N–H and O–H groups in total. The molecular weight excluding hydrogens is 311 g/mol. The third-order valence-corrected chi connectivity index (χ3v) is 3.14. The topological polar surface area (TPSA) is 59.9 Å². The number of nitrogens with zero attached hydrogens (tertiary/aromatic N) is 1. The molecule has 1 amide bonds. The Labute approximate surface area is 140 Å². The Morgan fingerprint density at radius 2 is 2.00 bits per heavy atom. The molecule has 2 rings (SSSR count). The average Bonchev–Trinajstić information content (AvgIpc) is 2.57. The molecule has 0 atom stereocenters. The van der Waals surface area contributed by atoms with Crippen LogP contribution in [0.4, 0.5) is 10.1 Å². The van der Waals surface area contributed by atoms with Gasteiger partial charge < -0.3 is 14.9 Å². The predicted molar refractivity (Wildman–Crippen MR) is 90.9 cm³/mol. The highest BCUT2D eigenvalue weighted by atomic mass is 19.1. The van der Waals surface area contributed by atoms with Gasteiger partial charge in [-0.05, 0) is 61.4 Å². The maximum absolute atomic E-state index is 13.2. The van der Waals surface area contributed by atoms with E-state index >= 15 is 0 Å². The molecule has 0 fully saturated rings. The molecule has 0 unspecified atom stereocenters. The lowest BCUT2D eigenvalue weighted by Gasteiger charge is -2.07. The summed E-state index contributed by atoms with van der Waals surface area (Å²) in [6, 6.07) is 11.5. The number of ether oxygens (including phenoxy) is 1. The first kappa shape index (κ1) is 17.5. The molecule has 0 spiro atoms. The fraction of sp³-hybridized carbons (Fsp3) is 0.222. The van der Waals surface area contributed by atoms with Crippen LogP contribution in [0.1, 0.15) is 18.1 Å². The number of rotatable bonds is 7. The van der Waals surface area contributed by atoms with Crippen LogP contribution < -0.4 is 10.1 Å². The van der Waals surface area contributed by atoms with Gasteiger partial charge in [-0.2, -0.15) is 0 Å². The molecule has 0 aliphatic carbocycles. The van der Waals surface area contributed by atoms with Gasteiger partial charge in [0.05, 0.1) is 12.8 Å². The minimum atomic E-state index is -0.412.